The fourth-order valence-corrected chi connectivity index (χ4v) is 4.45. The molecule has 1 amide bonds. The quantitative estimate of drug-likeness (QED) is 0.913. The molecule has 3 rings (SSSR count). The summed E-state index contributed by atoms with van der Waals surface area (Å²) >= 11 is 0. The van der Waals surface area contributed by atoms with Crippen LogP contribution in [0.3, 0.4) is 0 Å². The van der Waals surface area contributed by atoms with Crippen molar-refractivity contribution in [3.63, 3.8) is 0 Å². The smallest absolute Gasteiger partial charge is 0.251 e. The van der Waals surface area contributed by atoms with Crippen LogP contribution in [0.2, 0.25) is 0 Å². The van der Waals surface area contributed by atoms with Crippen molar-refractivity contribution in [2.24, 2.45) is 5.92 Å². The number of nitrogens with zero attached hydrogens (tertiary/aromatic N) is 2. The summed E-state index contributed by atoms with van der Waals surface area (Å²) in [4.78, 5) is 12.2. The van der Waals surface area contributed by atoms with Crippen molar-refractivity contribution in [3.8, 4) is 5.69 Å². The second kappa shape index (κ2) is 5.92. The van der Waals surface area contributed by atoms with Crippen LogP contribution in [0.4, 0.5) is 0 Å². The summed E-state index contributed by atoms with van der Waals surface area (Å²) in [6, 6.07) is 8.97. The van der Waals surface area contributed by atoms with Gasteiger partial charge in [-0.25, -0.2) is 13.1 Å². The van der Waals surface area contributed by atoms with Gasteiger partial charge in [0, 0.05) is 24.5 Å². The van der Waals surface area contributed by atoms with Crippen LogP contribution in [-0.2, 0) is 9.84 Å². The van der Waals surface area contributed by atoms with Gasteiger partial charge < -0.3 is 5.32 Å². The first-order chi connectivity index (χ1) is 10.5. The van der Waals surface area contributed by atoms with Crippen molar-refractivity contribution in [2.75, 3.05) is 18.1 Å². The Balaban J connectivity index is 1.64. The van der Waals surface area contributed by atoms with E-state index in [0.717, 1.165) is 5.69 Å². The number of hydrogen-bond donors (Lipinski definition) is 1. The van der Waals surface area contributed by atoms with Crippen LogP contribution in [0.15, 0.2) is 42.7 Å². The number of carbonyl (C=O) groups excluding carboxylic acids is 1. The Morgan fingerprint density at radius 1 is 1.36 bits per heavy atom. The normalized spacial score (nSPS) is 19.9. The minimum absolute atomic E-state index is 0.0169. The van der Waals surface area contributed by atoms with Crippen LogP contribution in [0.1, 0.15) is 16.8 Å². The molecule has 0 saturated carbocycles. The first-order valence-electron chi connectivity index (χ1n) is 7.12. The van der Waals surface area contributed by atoms with Gasteiger partial charge in [-0.05, 0) is 36.6 Å². The third-order valence-electron chi connectivity index (χ3n) is 3.76. The van der Waals surface area contributed by atoms with E-state index < -0.39 is 9.84 Å². The monoisotopic (exact) mass is 319 g/mol. The van der Waals surface area contributed by atoms with Crippen LogP contribution < -0.4 is 5.32 Å². The highest BCUT2D eigenvalue weighted by atomic mass is 32.2. The fraction of sp³-hybridized carbons (Fsp3) is 0.333. The minimum atomic E-state index is -2.91. The maximum Gasteiger partial charge on any atom is 0.251 e. The first-order valence-corrected chi connectivity index (χ1v) is 8.94. The summed E-state index contributed by atoms with van der Waals surface area (Å²) in [5, 5.41) is 6.95. The van der Waals surface area contributed by atoms with Gasteiger partial charge in [0.15, 0.2) is 9.84 Å². The van der Waals surface area contributed by atoms with E-state index in [9.17, 15) is 13.2 Å². The average molecular weight is 319 g/mol. The first kappa shape index (κ1) is 14.8. The molecule has 0 aliphatic carbocycles. The van der Waals surface area contributed by atoms with Gasteiger partial charge in [0.2, 0.25) is 0 Å². The summed E-state index contributed by atoms with van der Waals surface area (Å²) in [5.41, 5.74) is 1.34. The Hall–Kier alpha value is -2.15. The molecule has 1 aromatic carbocycles. The van der Waals surface area contributed by atoms with Gasteiger partial charge in [-0.1, -0.05) is 6.07 Å². The van der Waals surface area contributed by atoms with Crippen LogP contribution >= 0.6 is 0 Å². The van der Waals surface area contributed by atoms with E-state index in [1.54, 1.807) is 35.3 Å². The van der Waals surface area contributed by atoms with Crippen LogP contribution in [0.5, 0.6) is 0 Å². The number of amides is 1. The van der Waals surface area contributed by atoms with E-state index in [4.69, 9.17) is 0 Å². The molecule has 7 heteroatoms. The summed E-state index contributed by atoms with van der Waals surface area (Å²) < 4.78 is 24.5. The molecule has 6 nitrogen and oxygen atoms in total. The number of sulfone groups is 1. The topological polar surface area (TPSA) is 81.1 Å². The summed E-state index contributed by atoms with van der Waals surface area (Å²) in [7, 11) is -2.91. The second-order valence-corrected chi connectivity index (χ2v) is 7.71. The fourth-order valence-electron chi connectivity index (χ4n) is 2.58. The third-order valence-corrected chi connectivity index (χ3v) is 5.59. The van der Waals surface area contributed by atoms with Crippen molar-refractivity contribution in [2.45, 2.75) is 6.42 Å². The van der Waals surface area contributed by atoms with Gasteiger partial charge >= 0.3 is 0 Å². The zero-order valence-electron chi connectivity index (χ0n) is 12.0. The molecule has 0 radical (unpaired) electrons. The van der Waals surface area contributed by atoms with Gasteiger partial charge in [0.05, 0.1) is 17.2 Å². The lowest BCUT2D eigenvalue weighted by molar-refractivity contribution is 0.0948. The Kier molecular flexibility index (Phi) is 3.98. The molecule has 0 bridgehead atoms. The third kappa shape index (κ3) is 3.36. The summed E-state index contributed by atoms with van der Waals surface area (Å²) in [6.07, 6.45) is 4.10. The predicted octanol–water partition coefficient (Wildman–Crippen LogP) is 1.04. The molecular weight excluding hydrogens is 302 g/mol. The SMILES string of the molecule is O=C(NC[C@@H]1CCS(=O)(=O)C1)c1cccc(-n2cccn2)c1. The minimum Gasteiger partial charge on any atom is -0.352 e. The number of nitrogens with one attached hydrogen (secondary N) is 1. The zero-order chi connectivity index (χ0) is 15.6. The number of aromatic nitrogens is 2. The van der Waals surface area contributed by atoms with Gasteiger partial charge in [-0.3, -0.25) is 4.79 Å². The number of rotatable bonds is 4. The Labute approximate surface area is 129 Å². The molecule has 116 valence electrons. The number of carbonyl (C=O) groups is 1. The molecular formula is C15H17N3O3S. The van der Waals surface area contributed by atoms with Crippen LogP contribution in [0, 0.1) is 5.92 Å². The summed E-state index contributed by atoms with van der Waals surface area (Å²) in [5.74, 6) is 0.213. The molecule has 2 aromatic rings. The highest BCUT2D eigenvalue weighted by Crippen LogP contribution is 2.17. The Bertz CT molecular complexity index is 769. The molecule has 0 unspecified atom stereocenters. The molecule has 1 saturated heterocycles. The number of benzene rings is 1. The molecule has 1 aliphatic heterocycles. The second-order valence-electron chi connectivity index (χ2n) is 5.48. The lowest BCUT2D eigenvalue weighted by Crippen LogP contribution is -2.29. The van der Waals surface area contributed by atoms with E-state index in [1.807, 2.05) is 12.1 Å². The van der Waals surface area contributed by atoms with Crippen molar-refractivity contribution in [1.29, 1.82) is 0 Å². The van der Waals surface area contributed by atoms with Crippen LogP contribution in [-0.4, -0.2) is 42.2 Å². The zero-order valence-corrected chi connectivity index (χ0v) is 12.8. The molecule has 0 spiro atoms. The largest absolute Gasteiger partial charge is 0.352 e. The van der Waals surface area contributed by atoms with Gasteiger partial charge in [-0.15, -0.1) is 0 Å². The predicted molar refractivity (Wildman–Crippen MR) is 82.7 cm³/mol. The highest BCUT2D eigenvalue weighted by molar-refractivity contribution is 7.91. The van der Waals surface area contributed by atoms with Gasteiger partial charge in [-0.2, -0.15) is 5.10 Å². The van der Waals surface area contributed by atoms with E-state index in [0.29, 0.717) is 18.5 Å². The lowest BCUT2D eigenvalue weighted by atomic mass is 10.1. The van der Waals surface area contributed by atoms with Crippen molar-refractivity contribution in [3.05, 3.63) is 48.3 Å². The standard InChI is InChI=1S/C15H17N3O3S/c19-15(16-10-12-5-8-22(20,21)11-12)13-3-1-4-14(9-13)18-7-2-6-17-18/h1-4,6-7,9,12H,5,8,10-11H2,(H,16,19)/t12-/m0/s1. The molecule has 1 atom stereocenters. The lowest BCUT2D eigenvalue weighted by Gasteiger charge is -2.10. The maximum atomic E-state index is 12.2. The summed E-state index contributed by atoms with van der Waals surface area (Å²) in [6.45, 7) is 0.393. The molecule has 1 aliphatic rings. The Morgan fingerprint density at radius 2 is 2.23 bits per heavy atom. The van der Waals surface area contributed by atoms with E-state index in [-0.39, 0.29) is 23.3 Å². The van der Waals surface area contributed by atoms with Crippen molar-refractivity contribution in [1.82, 2.24) is 15.1 Å². The van der Waals surface area contributed by atoms with Crippen molar-refractivity contribution >= 4 is 15.7 Å². The van der Waals surface area contributed by atoms with Crippen LogP contribution in [0.25, 0.3) is 5.69 Å². The van der Waals surface area contributed by atoms with E-state index >= 15 is 0 Å². The van der Waals surface area contributed by atoms with Gasteiger partial charge in [0.1, 0.15) is 0 Å². The molecule has 2 heterocycles. The average Bonchev–Trinajstić information content (AvgIpc) is 3.14. The highest BCUT2D eigenvalue weighted by Gasteiger charge is 2.27. The van der Waals surface area contributed by atoms with Gasteiger partial charge in [0.25, 0.3) is 5.91 Å². The van der Waals surface area contributed by atoms with E-state index in [1.165, 1.54) is 0 Å². The van der Waals surface area contributed by atoms with Crippen molar-refractivity contribution < 1.29 is 13.2 Å². The number of hydrogen-bond acceptors (Lipinski definition) is 4. The van der Waals surface area contributed by atoms with E-state index in [2.05, 4.69) is 10.4 Å². The molecule has 22 heavy (non-hydrogen) atoms. The maximum absolute atomic E-state index is 12.2. The molecule has 1 fully saturated rings. The molecule has 1 aromatic heterocycles. The molecule has 1 N–H and O–H groups in total. The Morgan fingerprint density at radius 3 is 2.91 bits per heavy atom.